The summed E-state index contributed by atoms with van der Waals surface area (Å²) >= 11 is 0. The van der Waals surface area contributed by atoms with Gasteiger partial charge in [-0.25, -0.2) is 9.18 Å². The number of halogens is 1. The molecule has 0 spiro atoms. The van der Waals surface area contributed by atoms with Crippen molar-refractivity contribution in [1.29, 1.82) is 0 Å². The molecule has 1 aromatic carbocycles. The predicted octanol–water partition coefficient (Wildman–Crippen LogP) is 0.206. The molecule has 13 nitrogen and oxygen atoms in total. The highest BCUT2D eigenvalue weighted by Crippen LogP contribution is 2.34. The van der Waals surface area contributed by atoms with E-state index >= 15 is 0 Å². The number of carbonyl (C=O) groups is 3. The molecule has 0 radical (unpaired) electrons. The van der Waals surface area contributed by atoms with Crippen molar-refractivity contribution >= 4 is 35.1 Å². The van der Waals surface area contributed by atoms with Gasteiger partial charge < -0.3 is 50.8 Å². The van der Waals surface area contributed by atoms with Gasteiger partial charge in [-0.3, -0.25) is 9.59 Å². The lowest BCUT2D eigenvalue weighted by Gasteiger charge is -2.36. The number of fused-ring (bicyclic) bond motifs is 1. The molecule has 2 aliphatic rings. The number of aryl methyl sites for hydroxylation is 1. The molecular formula is C28H37FN4O9. The number of likely N-dealkylation sites (N-methyl/N-ethyl adjacent to an activating group) is 1. The summed E-state index contributed by atoms with van der Waals surface area (Å²) in [5.74, 6) is -2.35. The van der Waals surface area contributed by atoms with Gasteiger partial charge in [0.1, 0.15) is 24.1 Å². The average Bonchev–Trinajstić information content (AvgIpc) is 3.41. The largest absolute Gasteiger partial charge is 0.479 e. The molecule has 230 valence electrons. The van der Waals surface area contributed by atoms with E-state index in [1.165, 1.54) is 12.1 Å². The van der Waals surface area contributed by atoms with E-state index < -0.39 is 42.5 Å². The number of anilines is 1. The van der Waals surface area contributed by atoms with Crippen LogP contribution in [0.25, 0.3) is 11.6 Å². The van der Waals surface area contributed by atoms with Crippen LogP contribution in [-0.4, -0.2) is 110 Å². The lowest BCUT2D eigenvalue weighted by molar-refractivity contribution is -0.279. The molecule has 0 aliphatic carbocycles. The van der Waals surface area contributed by atoms with Gasteiger partial charge >= 0.3 is 5.97 Å². The number of carbonyl (C=O) groups excluding carboxylic acids is 2. The number of hydrogen-bond donors (Lipinski definition) is 8. The second-order valence-electron chi connectivity index (χ2n) is 9.91. The second-order valence-corrected chi connectivity index (χ2v) is 9.91. The van der Waals surface area contributed by atoms with Crippen LogP contribution in [0.2, 0.25) is 0 Å². The summed E-state index contributed by atoms with van der Waals surface area (Å²) in [6, 6.07) is 4.20. The van der Waals surface area contributed by atoms with Crippen LogP contribution in [0.1, 0.15) is 46.7 Å². The molecule has 1 fully saturated rings. The third kappa shape index (κ3) is 7.21. The maximum Gasteiger partial charge on any atom is 0.335 e. The number of amides is 2. The molecule has 5 atom stereocenters. The first kappa shape index (κ1) is 32.8. The Balaban J connectivity index is 0.000000312. The van der Waals surface area contributed by atoms with Crippen LogP contribution in [0.4, 0.5) is 10.1 Å². The van der Waals surface area contributed by atoms with Gasteiger partial charge in [-0.1, -0.05) is 13.8 Å². The summed E-state index contributed by atoms with van der Waals surface area (Å²) in [5.41, 5.74) is 4.20. The number of benzene rings is 1. The fourth-order valence-corrected chi connectivity index (χ4v) is 4.73. The Morgan fingerprint density at radius 1 is 1.10 bits per heavy atom. The van der Waals surface area contributed by atoms with Crippen LogP contribution >= 0.6 is 0 Å². The quantitative estimate of drug-likeness (QED) is 0.196. The van der Waals surface area contributed by atoms with Gasteiger partial charge in [0.15, 0.2) is 12.4 Å². The molecule has 1 aromatic heterocycles. The summed E-state index contributed by atoms with van der Waals surface area (Å²) < 4.78 is 18.0. The van der Waals surface area contributed by atoms with Crippen molar-refractivity contribution in [2.45, 2.75) is 58.4 Å². The minimum atomic E-state index is -1.81. The molecular weight excluding hydrogens is 555 g/mol. The van der Waals surface area contributed by atoms with Gasteiger partial charge in [0.2, 0.25) is 0 Å². The third-order valence-electron chi connectivity index (χ3n) is 7.20. The monoisotopic (exact) mass is 592 g/mol. The number of nitrogens with zero attached hydrogens (tertiary/aromatic N) is 1. The van der Waals surface area contributed by atoms with Crippen LogP contribution in [-0.2, 0) is 14.3 Å². The first-order valence-electron chi connectivity index (χ1n) is 13.4. The molecule has 42 heavy (non-hydrogen) atoms. The summed E-state index contributed by atoms with van der Waals surface area (Å²) in [4.78, 5) is 40.8. The smallest absolute Gasteiger partial charge is 0.335 e. The lowest BCUT2D eigenvalue weighted by atomic mass is 9.99. The normalized spacial score (nSPS) is 24.2. The van der Waals surface area contributed by atoms with E-state index in [9.17, 15) is 18.8 Å². The third-order valence-corrected chi connectivity index (χ3v) is 7.20. The van der Waals surface area contributed by atoms with Gasteiger partial charge in [0.25, 0.3) is 11.8 Å². The number of aliphatic carboxylic acids is 1. The van der Waals surface area contributed by atoms with E-state index in [0.29, 0.717) is 34.6 Å². The number of rotatable bonds is 8. The van der Waals surface area contributed by atoms with Crippen LogP contribution in [0.3, 0.4) is 0 Å². The number of aliphatic hydroxyl groups is 4. The molecule has 3 heterocycles. The summed E-state index contributed by atoms with van der Waals surface area (Å²) in [5, 5.41) is 50.1. The molecule has 2 aromatic rings. The van der Waals surface area contributed by atoms with Gasteiger partial charge in [0, 0.05) is 35.7 Å². The molecule has 4 rings (SSSR count). The van der Waals surface area contributed by atoms with E-state index in [1.54, 1.807) is 12.1 Å². The fourth-order valence-electron chi connectivity index (χ4n) is 4.73. The predicted molar refractivity (Wildman–Crippen MR) is 150 cm³/mol. The summed E-state index contributed by atoms with van der Waals surface area (Å²) in [6.45, 7) is 11.1. The number of aromatic nitrogens is 1. The van der Waals surface area contributed by atoms with Crippen molar-refractivity contribution in [3.8, 4) is 0 Å². The Kier molecular flexibility index (Phi) is 11.0. The van der Waals surface area contributed by atoms with Crippen molar-refractivity contribution in [3.05, 3.63) is 52.1 Å². The maximum atomic E-state index is 13.7. The highest BCUT2D eigenvalue weighted by atomic mass is 19.1. The lowest BCUT2D eigenvalue weighted by Crippen LogP contribution is -2.59. The minimum absolute atomic E-state index is 0.143. The Hall–Kier alpha value is -3.66. The number of nitrogens with one attached hydrogen (secondary N) is 3. The van der Waals surface area contributed by atoms with Crippen molar-refractivity contribution in [2.75, 3.05) is 31.5 Å². The minimum Gasteiger partial charge on any atom is -0.479 e. The van der Waals surface area contributed by atoms with Crippen LogP contribution in [0.5, 0.6) is 0 Å². The number of carboxylic acids is 1. The zero-order chi connectivity index (χ0) is 31.3. The van der Waals surface area contributed by atoms with Crippen molar-refractivity contribution < 1.29 is 49.0 Å². The number of aromatic amines is 1. The zero-order valence-corrected chi connectivity index (χ0v) is 23.7. The summed E-state index contributed by atoms with van der Waals surface area (Å²) in [6.07, 6.45) is -7.05. The van der Waals surface area contributed by atoms with E-state index in [-0.39, 0.29) is 11.8 Å². The number of H-pyrrole nitrogens is 1. The fraction of sp³-hybridized carbons (Fsp3) is 0.464. The number of carboxylic acid groups (broad SMARTS) is 1. The van der Waals surface area contributed by atoms with E-state index in [1.807, 2.05) is 13.8 Å². The number of aliphatic hydroxyl groups excluding tert-OH is 4. The van der Waals surface area contributed by atoms with Crippen molar-refractivity contribution in [3.63, 3.8) is 0 Å². The van der Waals surface area contributed by atoms with Gasteiger partial charge in [-0.15, -0.1) is 0 Å². The number of hydrogen-bond acceptors (Lipinski definition) is 9. The maximum absolute atomic E-state index is 13.7. The van der Waals surface area contributed by atoms with Crippen molar-refractivity contribution in [1.82, 2.24) is 15.2 Å². The van der Waals surface area contributed by atoms with Crippen molar-refractivity contribution in [2.24, 2.45) is 0 Å². The molecule has 8 N–H and O–H groups in total. The van der Waals surface area contributed by atoms with Crippen LogP contribution in [0.15, 0.2) is 18.2 Å². The number of ether oxygens (including phenoxy) is 1. The molecule has 2 amide bonds. The average molecular weight is 593 g/mol. The SMILES string of the molecule is CCN(CC)CCNC(=O)c1c(C)[nH]c(/C=C2\C(=O)Nc3ccc(F)cc32)c1C.O=C(O)[C@H]1O[C@@H](O)[C@H](O)[C@@H](O)[C@@H]1O. The first-order valence-corrected chi connectivity index (χ1v) is 13.4. The molecule has 0 saturated carbocycles. The molecule has 2 aliphatic heterocycles. The molecule has 1 saturated heterocycles. The molecule has 0 unspecified atom stereocenters. The molecule has 0 bridgehead atoms. The summed E-state index contributed by atoms with van der Waals surface area (Å²) in [7, 11) is 0. The van der Waals surface area contributed by atoms with E-state index in [2.05, 4.69) is 39.1 Å². The van der Waals surface area contributed by atoms with Gasteiger partial charge in [0.05, 0.1) is 11.1 Å². The first-order chi connectivity index (χ1) is 19.8. The highest BCUT2D eigenvalue weighted by Gasteiger charge is 2.46. The topological polar surface area (TPSA) is 205 Å². The van der Waals surface area contributed by atoms with Crippen LogP contribution in [0, 0.1) is 19.7 Å². The van der Waals surface area contributed by atoms with Crippen LogP contribution < -0.4 is 10.6 Å². The Morgan fingerprint density at radius 2 is 1.76 bits per heavy atom. The van der Waals surface area contributed by atoms with E-state index in [4.69, 9.17) is 25.5 Å². The Labute approximate surface area is 241 Å². The van der Waals surface area contributed by atoms with E-state index in [0.717, 1.165) is 30.9 Å². The highest BCUT2D eigenvalue weighted by molar-refractivity contribution is 6.34. The standard InChI is InChI=1S/C22H27FN4O2.C6H10O7/c1-5-27(6-2)10-9-24-22(29)20-13(3)19(25-14(20)4)12-17-16-11-15(23)7-8-18(16)26-21(17)28;7-1-2(8)4(5(10)11)13-6(12)3(1)9/h7-8,11-12,25H,5-6,9-10H2,1-4H3,(H,24,29)(H,26,28);1-4,6-9,12H,(H,10,11)/b17-12-;/t;1-,2-,3+,4-,6+/m.0/s1. The zero-order valence-electron chi connectivity index (χ0n) is 23.7. The Bertz CT molecular complexity index is 1340. The van der Waals surface area contributed by atoms with Gasteiger partial charge in [-0.05, 0) is 56.8 Å². The second kappa shape index (κ2) is 14.0. The Morgan fingerprint density at radius 3 is 2.38 bits per heavy atom. The van der Waals surface area contributed by atoms with Gasteiger partial charge in [-0.2, -0.15) is 0 Å². The molecule has 14 heteroatoms.